The largest absolute Gasteiger partial charge is 0.481 e. The maximum Gasteiger partial charge on any atom is 0.329 e. The lowest BCUT2D eigenvalue weighted by atomic mass is 9.93. The number of hydrogen-bond acceptors (Lipinski definition) is 3. The van der Waals surface area contributed by atoms with Crippen LogP contribution in [0.25, 0.3) is 0 Å². The van der Waals surface area contributed by atoms with Crippen molar-refractivity contribution >= 4 is 17.8 Å². The average Bonchev–Trinajstić information content (AvgIpc) is 2.74. The Morgan fingerprint density at radius 3 is 2.50 bits per heavy atom. The van der Waals surface area contributed by atoms with Gasteiger partial charge in [0.2, 0.25) is 0 Å². The average molecular weight is 277 g/mol. The Bertz CT molecular complexity index is 583. The molecule has 0 aromatic heterocycles. The van der Waals surface area contributed by atoms with Crippen LogP contribution in [-0.4, -0.2) is 38.5 Å². The lowest BCUT2D eigenvalue weighted by Gasteiger charge is -2.34. The predicted octanol–water partition coefficient (Wildman–Crippen LogP) is 1.35. The van der Waals surface area contributed by atoms with Crippen molar-refractivity contribution in [2.75, 3.05) is 0 Å². The topological polar surface area (TPSA) is 94.9 Å². The van der Waals surface area contributed by atoms with E-state index >= 15 is 0 Å². The summed E-state index contributed by atoms with van der Waals surface area (Å²) in [6.07, 6.45) is -0.430. The number of carbonyl (C=O) groups excluding carboxylic acids is 1. The van der Waals surface area contributed by atoms with E-state index in [0.29, 0.717) is 5.56 Å². The number of rotatable bonds is 5. The van der Waals surface area contributed by atoms with Gasteiger partial charge >= 0.3 is 11.9 Å². The number of amides is 1. The van der Waals surface area contributed by atoms with Crippen molar-refractivity contribution in [3.8, 4) is 0 Å². The molecule has 0 unspecified atom stereocenters. The first kappa shape index (κ1) is 14.0. The van der Waals surface area contributed by atoms with Gasteiger partial charge < -0.3 is 15.1 Å². The Hall–Kier alpha value is -2.37. The van der Waals surface area contributed by atoms with Crippen molar-refractivity contribution in [1.82, 2.24) is 4.90 Å². The lowest BCUT2D eigenvalue weighted by Crippen LogP contribution is -2.52. The third kappa shape index (κ3) is 2.24. The zero-order chi connectivity index (χ0) is 14.9. The van der Waals surface area contributed by atoms with Gasteiger partial charge in [0, 0.05) is 18.5 Å². The Labute approximate surface area is 115 Å². The van der Waals surface area contributed by atoms with Crippen LogP contribution in [0.15, 0.2) is 24.3 Å². The van der Waals surface area contributed by atoms with Gasteiger partial charge in [-0.25, -0.2) is 4.79 Å². The van der Waals surface area contributed by atoms with Gasteiger partial charge in [0.25, 0.3) is 5.91 Å². The fraction of sp³-hybridized carbons (Fsp3) is 0.357. The molecule has 0 saturated carbocycles. The quantitative estimate of drug-likeness (QED) is 0.847. The van der Waals surface area contributed by atoms with Gasteiger partial charge in [-0.1, -0.05) is 18.2 Å². The molecule has 1 aliphatic heterocycles. The van der Waals surface area contributed by atoms with E-state index in [2.05, 4.69) is 0 Å². The molecule has 1 aliphatic rings. The first-order valence-electron chi connectivity index (χ1n) is 6.21. The van der Waals surface area contributed by atoms with Crippen LogP contribution < -0.4 is 0 Å². The molecule has 0 saturated heterocycles. The third-order valence-corrected chi connectivity index (χ3v) is 3.70. The number of carbonyl (C=O) groups is 3. The fourth-order valence-corrected chi connectivity index (χ4v) is 2.36. The molecule has 1 heterocycles. The molecule has 2 rings (SSSR count). The number of nitrogens with zero attached hydrogens (tertiary/aromatic N) is 1. The molecule has 6 nitrogen and oxygen atoms in total. The second-order valence-electron chi connectivity index (χ2n) is 5.02. The van der Waals surface area contributed by atoms with Crippen molar-refractivity contribution in [3.63, 3.8) is 0 Å². The van der Waals surface area contributed by atoms with Crippen LogP contribution in [0.3, 0.4) is 0 Å². The minimum Gasteiger partial charge on any atom is -0.481 e. The highest BCUT2D eigenvalue weighted by Gasteiger charge is 2.45. The molecule has 6 heteroatoms. The van der Waals surface area contributed by atoms with Gasteiger partial charge in [-0.15, -0.1) is 0 Å². The maximum absolute atomic E-state index is 12.3. The molecule has 0 aliphatic carbocycles. The zero-order valence-electron chi connectivity index (χ0n) is 11.0. The van der Waals surface area contributed by atoms with E-state index in [4.69, 9.17) is 5.11 Å². The molecule has 1 aromatic rings. The van der Waals surface area contributed by atoms with Gasteiger partial charge in [-0.05, 0) is 25.0 Å². The number of aliphatic carboxylic acids is 2. The van der Waals surface area contributed by atoms with Crippen molar-refractivity contribution in [3.05, 3.63) is 35.4 Å². The van der Waals surface area contributed by atoms with Crippen molar-refractivity contribution < 1.29 is 24.6 Å². The summed E-state index contributed by atoms with van der Waals surface area (Å²) in [7, 11) is 0. The lowest BCUT2D eigenvalue weighted by molar-refractivity contribution is -0.150. The van der Waals surface area contributed by atoms with Crippen molar-refractivity contribution in [2.45, 2.75) is 31.8 Å². The number of fused-ring (bicyclic) bond motifs is 1. The normalized spacial score (nSPS) is 16.6. The van der Waals surface area contributed by atoms with Crippen LogP contribution in [0.1, 0.15) is 35.7 Å². The Morgan fingerprint density at radius 1 is 1.30 bits per heavy atom. The van der Waals surface area contributed by atoms with Crippen LogP contribution in [0.4, 0.5) is 0 Å². The highest BCUT2D eigenvalue weighted by molar-refractivity contribution is 6.01. The highest BCUT2D eigenvalue weighted by Crippen LogP contribution is 2.32. The van der Waals surface area contributed by atoms with E-state index in [9.17, 15) is 19.5 Å². The molecule has 1 aromatic carbocycles. The summed E-state index contributed by atoms with van der Waals surface area (Å²) in [4.78, 5) is 35.8. The van der Waals surface area contributed by atoms with Crippen molar-refractivity contribution in [1.29, 1.82) is 0 Å². The highest BCUT2D eigenvalue weighted by atomic mass is 16.4. The smallest absolute Gasteiger partial charge is 0.329 e. The monoisotopic (exact) mass is 277 g/mol. The first-order valence-corrected chi connectivity index (χ1v) is 6.21. The van der Waals surface area contributed by atoms with E-state index in [1.165, 1.54) is 11.8 Å². The number of benzene rings is 1. The molecular formula is C14H15NO5. The molecular weight excluding hydrogens is 262 g/mol. The number of carboxylic acids is 2. The van der Waals surface area contributed by atoms with Gasteiger partial charge in [0.05, 0.1) is 0 Å². The molecule has 0 radical (unpaired) electrons. The summed E-state index contributed by atoms with van der Waals surface area (Å²) in [6.45, 7) is 1.58. The van der Waals surface area contributed by atoms with E-state index in [0.717, 1.165) is 5.56 Å². The Kier molecular flexibility index (Phi) is 3.48. The molecule has 0 spiro atoms. The molecule has 1 atom stereocenters. The Morgan fingerprint density at radius 2 is 1.95 bits per heavy atom. The van der Waals surface area contributed by atoms with Crippen LogP contribution in [-0.2, 0) is 16.1 Å². The van der Waals surface area contributed by atoms with Gasteiger partial charge in [-0.3, -0.25) is 9.59 Å². The SMILES string of the molecule is C[C@](CCC(=O)O)(C(=O)O)N1Cc2ccccc2C1=O. The summed E-state index contributed by atoms with van der Waals surface area (Å²) < 4.78 is 0. The van der Waals surface area contributed by atoms with Crippen LogP contribution in [0.2, 0.25) is 0 Å². The van der Waals surface area contributed by atoms with E-state index in [1.807, 2.05) is 0 Å². The standard InChI is InChI=1S/C14H15NO5/c1-14(13(19)20,7-6-11(16)17)15-8-9-4-2-3-5-10(9)12(15)18/h2-5H,6-8H2,1H3,(H,16,17)(H,19,20)/t14-/m0/s1. The molecule has 20 heavy (non-hydrogen) atoms. The third-order valence-electron chi connectivity index (χ3n) is 3.70. The zero-order valence-corrected chi connectivity index (χ0v) is 11.0. The first-order chi connectivity index (χ1) is 9.36. The molecule has 106 valence electrons. The molecule has 0 bridgehead atoms. The maximum atomic E-state index is 12.3. The molecule has 1 amide bonds. The van der Waals surface area contributed by atoms with Gasteiger partial charge in [-0.2, -0.15) is 0 Å². The van der Waals surface area contributed by atoms with Crippen LogP contribution in [0, 0.1) is 0 Å². The van der Waals surface area contributed by atoms with E-state index < -0.39 is 17.5 Å². The fourth-order valence-electron chi connectivity index (χ4n) is 2.36. The second-order valence-corrected chi connectivity index (χ2v) is 5.02. The van der Waals surface area contributed by atoms with E-state index in [1.54, 1.807) is 24.3 Å². The summed E-state index contributed by atoms with van der Waals surface area (Å²) in [5, 5.41) is 18.2. The van der Waals surface area contributed by atoms with Gasteiger partial charge in [0.15, 0.2) is 0 Å². The summed E-state index contributed by atoms with van der Waals surface area (Å²) >= 11 is 0. The number of carboxylic acid groups (broad SMARTS) is 2. The van der Waals surface area contributed by atoms with Gasteiger partial charge in [0.1, 0.15) is 5.54 Å². The summed E-state index contributed by atoms with van der Waals surface area (Å²) in [5.41, 5.74) is -0.273. The van der Waals surface area contributed by atoms with Crippen molar-refractivity contribution in [2.24, 2.45) is 0 Å². The van der Waals surface area contributed by atoms with E-state index in [-0.39, 0.29) is 25.3 Å². The minimum absolute atomic E-state index is 0.128. The second kappa shape index (κ2) is 4.96. The summed E-state index contributed by atoms with van der Waals surface area (Å²) in [5.74, 6) is -2.64. The van der Waals surface area contributed by atoms with Crippen LogP contribution >= 0.6 is 0 Å². The molecule has 0 fully saturated rings. The minimum atomic E-state index is -1.52. The van der Waals surface area contributed by atoms with Crippen LogP contribution in [0.5, 0.6) is 0 Å². The Balaban J connectivity index is 2.31. The predicted molar refractivity (Wildman–Crippen MR) is 69.2 cm³/mol. The number of hydrogen-bond donors (Lipinski definition) is 2. The molecule has 2 N–H and O–H groups in total. The summed E-state index contributed by atoms with van der Waals surface area (Å²) in [6, 6.07) is 6.92.